The van der Waals surface area contributed by atoms with Crippen LogP contribution in [0.5, 0.6) is 5.75 Å². The fourth-order valence-corrected chi connectivity index (χ4v) is 2.46. The summed E-state index contributed by atoms with van der Waals surface area (Å²) in [4.78, 5) is 2.18. The van der Waals surface area contributed by atoms with Gasteiger partial charge < -0.3 is 15.3 Å². The molecule has 3 heteroatoms. The summed E-state index contributed by atoms with van der Waals surface area (Å²) in [6.45, 7) is 2.04. The molecule has 0 heterocycles. The molecule has 2 rings (SSSR count). The normalized spacial score (nSPS) is 19.4. The van der Waals surface area contributed by atoms with Gasteiger partial charge in [0.1, 0.15) is 5.75 Å². The van der Waals surface area contributed by atoms with Gasteiger partial charge >= 0.3 is 0 Å². The van der Waals surface area contributed by atoms with Crippen LogP contribution in [-0.4, -0.2) is 37.2 Å². The lowest BCUT2D eigenvalue weighted by Gasteiger charge is -2.27. The Labute approximate surface area is 103 Å². The zero-order valence-electron chi connectivity index (χ0n) is 10.7. The Kier molecular flexibility index (Phi) is 4.02. The number of likely N-dealkylation sites (N-methyl/N-ethyl adjacent to an activating group) is 1. The van der Waals surface area contributed by atoms with Crippen LogP contribution in [-0.2, 0) is 6.42 Å². The number of phenols is 1. The minimum atomic E-state index is 0.380. The van der Waals surface area contributed by atoms with Crippen molar-refractivity contribution in [2.75, 3.05) is 27.2 Å². The monoisotopic (exact) mass is 234 g/mol. The number of rotatable bonds is 4. The quantitative estimate of drug-likeness (QED) is 0.835. The summed E-state index contributed by atoms with van der Waals surface area (Å²) in [5.74, 6) is 0.380. The summed E-state index contributed by atoms with van der Waals surface area (Å²) in [5.41, 5.74) is 2.67. The number of hydrogen-bond acceptors (Lipinski definition) is 3. The van der Waals surface area contributed by atoms with Crippen LogP contribution in [0.1, 0.15) is 30.0 Å². The third-order valence-electron chi connectivity index (χ3n) is 3.39. The molecule has 0 saturated heterocycles. The third-order valence-corrected chi connectivity index (χ3v) is 3.39. The van der Waals surface area contributed by atoms with Crippen LogP contribution in [0.15, 0.2) is 18.2 Å². The summed E-state index contributed by atoms with van der Waals surface area (Å²) < 4.78 is 0. The second-order valence-electron chi connectivity index (χ2n) is 5.09. The van der Waals surface area contributed by atoms with Crippen molar-refractivity contribution in [1.29, 1.82) is 0 Å². The number of nitrogens with zero attached hydrogens (tertiary/aromatic N) is 1. The maximum Gasteiger partial charge on any atom is 0.115 e. The predicted octanol–water partition coefficient (Wildman–Crippen LogP) is 1.92. The first-order valence-corrected chi connectivity index (χ1v) is 6.37. The van der Waals surface area contributed by atoms with Crippen molar-refractivity contribution in [2.45, 2.75) is 25.3 Å². The Bertz CT molecular complexity index is 376. The molecule has 0 aliphatic heterocycles. The highest BCUT2D eigenvalue weighted by Crippen LogP contribution is 2.31. The summed E-state index contributed by atoms with van der Waals surface area (Å²) in [5, 5.41) is 13.2. The Morgan fingerprint density at radius 1 is 1.41 bits per heavy atom. The van der Waals surface area contributed by atoms with Gasteiger partial charge in [-0.1, -0.05) is 6.07 Å². The minimum absolute atomic E-state index is 0.380. The van der Waals surface area contributed by atoms with E-state index in [0.717, 1.165) is 19.5 Å². The molecule has 0 bridgehead atoms. The molecule has 0 fully saturated rings. The lowest BCUT2D eigenvalue weighted by Crippen LogP contribution is -2.31. The van der Waals surface area contributed by atoms with Gasteiger partial charge in [0.25, 0.3) is 0 Å². The molecule has 1 aromatic rings. The molecule has 94 valence electrons. The first kappa shape index (κ1) is 12.4. The molecule has 1 aliphatic rings. The maximum absolute atomic E-state index is 9.58. The van der Waals surface area contributed by atoms with E-state index in [2.05, 4.69) is 30.4 Å². The molecular formula is C14H22N2O. The van der Waals surface area contributed by atoms with Gasteiger partial charge in [0, 0.05) is 19.1 Å². The van der Waals surface area contributed by atoms with Gasteiger partial charge in [0.05, 0.1) is 0 Å². The van der Waals surface area contributed by atoms with Gasteiger partial charge in [0.2, 0.25) is 0 Å². The lowest BCUT2D eigenvalue weighted by atomic mass is 9.87. The van der Waals surface area contributed by atoms with Gasteiger partial charge in [-0.25, -0.2) is 0 Å². The molecule has 1 aromatic carbocycles. The Balaban J connectivity index is 2.03. The van der Waals surface area contributed by atoms with Gasteiger partial charge in [-0.3, -0.25) is 0 Å². The number of hydrogen-bond donors (Lipinski definition) is 2. The average Bonchev–Trinajstić information content (AvgIpc) is 2.29. The van der Waals surface area contributed by atoms with Gasteiger partial charge in [-0.2, -0.15) is 0 Å². The maximum atomic E-state index is 9.58. The number of fused-ring (bicyclic) bond motifs is 1. The molecule has 17 heavy (non-hydrogen) atoms. The molecule has 2 N–H and O–H groups in total. The molecular weight excluding hydrogens is 212 g/mol. The number of phenolic OH excluding ortho intramolecular Hbond substituents is 1. The van der Waals surface area contributed by atoms with E-state index in [4.69, 9.17) is 0 Å². The van der Waals surface area contributed by atoms with Gasteiger partial charge in [-0.15, -0.1) is 0 Å². The second kappa shape index (κ2) is 5.52. The standard InChI is InChI=1S/C14H22N2O/c1-16(2)9-8-15-14-5-3-4-11-6-7-12(17)10-13(11)14/h6-7,10,14-15,17H,3-5,8-9H2,1-2H3. The van der Waals surface area contributed by atoms with Crippen molar-refractivity contribution in [3.05, 3.63) is 29.3 Å². The van der Waals surface area contributed by atoms with Crippen molar-refractivity contribution in [3.8, 4) is 5.75 Å². The molecule has 0 aromatic heterocycles. The van der Waals surface area contributed by atoms with Crippen molar-refractivity contribution >= 4 is 0 Å². The Morgan fingerprint density at radius 2 is 2.24 bits per heavy atom. The van der Waals surface area contributed by atoms with Crippen LogP contribution >= 0.6 is 0 Å². The number of nitrogens with one attached hydrogen (secondary N) is 1. The van der Waals surface area contributed by atoms with E-state index < -0.39 is 0 Å². The highest BCUT2D eigenvalue weighted by Gasteiger charge is 2.19. The van der Waals surface area contributed by atoms with E-state index in [0.29, 0.717) is 11.8 Å². The van der Waals surface area contributed by atoms with Crippen LogP contribution in [0.4, 0.5) is 0 Å². The highest BCUT2D eigenvalue weighted by atomic mass is 16.3. The molecule has 1 atom stereocenters. The number of aromatic hydroxyl groups is 1. The molecule has 1 aliphatic carbocycles. The van der Waals surface area contributed by atoms with Crippen molar-refractivity contribution in [2.24, 2.45) is 0 Å². The SMILES string of the molecule is CN(C)CCNC1CCCc2ccc(O)cc21. The van der Waals surface area contributed by atoms with Crippen LogP contribution in [0.3, 0.4) is 0 Å². The van der Waals surface area contributed by atoms with E-state index in [9.17, 15) is 5.11 Å². The minimum Gasteiger partial charge on any atom is -0.508 e. The summed E-state index contributed by atoms with van der Waals surface area (Å²) >= 11 is 0. The lowest BCUT2D eigenvalue weighted by molar-refractivity contribution is 0.371. The van der Waals surface area contributed by atoms with Gasteiger partial charge in [-0.05, 0) is 56.6 Å². The molecule has 0 spiro atoms. The van der Waals surface area contributed by atoms with Gasteiger partial charge in [0.15, 0.2) is 0 Å². The largest absolute Gasteiger partial charge is 0.508 e. The molecule has 0 saturated carbocycles. The van der Waals surface area contributed by atoms with Crippen molar-refractivity contribution < 1.29 is 5.11 Å². The van der Waals surface area contributed by atoms with Crippen LogP contribution in [0.25, 0.3) is 0 Å². The van der Waals surface area contributed by atoms with Crippen LogP contribution < -0.4 is 5.32 Å². The number of benzene rings is 1. The van der Waals surface area contributed by atoms with E-state index in [-0.39, 0.29) is 0 Å². The fraction of sp³-hybridized carbons (Fsp3) is 0.571. The summed E-state index contributed by atoms with van der Waals surface area (Å²) in [7, 11) is 4.17. The smallest absolute Gasteiger partial charge is 0.115 e. The molecule has 3 nitrogen and oxygen atoms in total. The Hall–Kier alpha value is -1.06. The second-order valence-corrected chi connectivity index (χ2v) is 5.09. The summed E-state index contributed by atoms with van der Waals surface area (Å²) in [6.07, 6.45) is 3.54. The molecule has 0 amide bonds. The van der Waals surface area contributed by atoms with Crippen LogP contribution in [0.2, 0.25) is 0 Å². The zero-order valence-corrected chi connectivity index (χ0v) is 10.7. The Morgan fingerprint density at radius 3 is 3.00 bits per heavy atom. The zero-order chi connectivity index (χ0) is 12.3. The first-order valence-electron chi connectivity index (χ1n) is 6.37. The summed E-state index contributed by atoms with van der Waals surface area (Å²) in [6, 6.07) is 6.18. The van der Waals surface area contributed by atoms with E-state index in [1.807, 2.05) is 6.07 Å². The fourth-order valence-electron chi connectivity index (χ4n) is 2.46. The molecule has 0 radical (unpaired) electrons. The van der Waals surface area contributed by atoms with Crippen LogP contribution in [0, 0.1) is 0 Å². The van der Waals surface area contributed by atoms with Crippen molar-refractivity contribution in [3.63, 3.8) is 0 Å². The third kappa shape index (κ3) is 3.20. The van der Waals surface area contributed by atoms with E-state index >= 15 is 0 Å². The average molecular weight is 234 g/mol. The first-order chi connectivity index (χ1) is 8.16. The molecule has 1 unspecified atom stereocenters. The number of aryl methyl sites for hydroxylation is 1. The topological polar surface area (TPSA) is 35.5 Å². The van der Waals surface area contributed by atoms with E-state index in [1.165, 1.54) is 24.0 Å². The predicted molar refractivity (Wildman–Crippen MR) is 70.3 cm³/mol. The van der Waals surface area contributed by atoms with Crippen molar-refractivity contribution in [1.82, 2.24) is 10.2 Å². The highest BCUT2D eigenvalue weighted by molar-refractivity contribution is 5.38. The van der Waals surface area contributed by atoms with E-state index in [1.54, 1.807) is 6.07 Å².